The Balaban J connectivity index is 1.93. The highest BCUT2D eigenvalue weighted by atomic mass is 32.2. The number of allylic oxidation sites excluding steroid dienone is 1. The molecule has 0 bridgehead atoms. The number of ether oxygens (including phenoxy) is 1. The monoisotopic (exact) mass is 394 g/mol. The Hall–Kier alpha value is -2.02. The molecule has 1 N–H and O–H groups in total. The summed E-state index contributed by atoms with van der Waals surface area (Å²) in [5, 5.41) is 2.83. The summed E-state index contributed by atoms with van der Waals surface area (Å²) in [6.45, 7) is 2.93. The van der Waals surface area contributed by atoms with Crippen LogP contribution in [0.4, 0.5) is 5.69 Å². The van der Waals surface area contributed by atoms with E-state index in [2.05, 4.69) is 11.4 Å². The molecular weight excluding hydrogens is 364 g/mol. The number of nitrogens with one attached hydrogen (secondary N) is 1. The zero-order valence-electron chi connectivity index (χ0n) is 16.2. The first kappa shape index (κ1) is 21.3. The van der Waals surface area contributed by atoms with Gasteiger partial charge in [0.1, 0.15) is 12.3 Å². The number of anilines is 1. The third kappa shape index (κ3) is 7.25. The standard InChI is InChI=1S/C20H30N2O4S/c1-3-15-26-19-11-9-18(10-12-19)22(27(2,24)25)16-20(23)21-14-13-17-7-5-4-6-8-17/h7,9-12H,3-6,8,13-16H2,1-2H3,(H,21,23). The molecule has 2 rings (SSSR count). The number of benzene rings is 1. The number of hydrogen-bond donors (Lipinski definition) is 1. The topological polar surface area (TPSA) is 75.7 Å². The van der Waals surface area contributed by atoms with Crippen LogP contribution in [-0.2, 0) is 14.8 Å². The van der Waals surface area contributed by atoms with Gasteiger partial charge >= 0.3 is 0 Å². The van der Waals surface area contributed by atoms with Crippen LogP contribution in [0.5, 0.6) is 5.75 Å². The van der Waals surface area contributed by atoms with Crippen LogP contribution >= 0.6 is 0 Å². The number of amides is 1. The maximum atomic E-state index is 12.3. The summed E-state index contributed by atoms with van der Waals surface area (Å²) in [5.74, 6) is 0.377. The van der Waals surface area contributed by atoms with Crippen LogP contribution in [0.15, 0.2) is 35.9 Å². The van der Waals surface area contributed by atoms with Crippen molar-refractivity contribution in [3.63, 3.8) is 0 Å². The number of nitrogens with zero attached hydrogens (tertiary/aromatic N) is 1. The fourth-order valence-electron chi connectivity index (χ4n) is 3.01. The van der Waals surface area contributed by atoms with E-state index in [1.54, 1.807) is 24.3 Å². The Morgan fingerprint density at radius 3 is 2.56 bits per heavy atom. The molecule has 0 atom stereocenters. The summed E-state index contributed by atoms with van der Waals surface area (Å²) in [6.07, 6.45) is 9.74. The van der Waals surface area contributed by atoms with Gasteiger partial charge in [0, 0.05) is 6.54 Å². The van der Waals surface area contributed by atoms with Gasteiger partial charge in [-0.15, -0.1) is 0 Å². The first-order chi connectivity index (χ1) is 12.9. The number of rotatable bonds is 10. The van der Waals surface area contributed by atoms with Gasteiger partial charge in [0.05, 0.1) is 18.6 Å². The van der Waals surface area contributed by atoms with Crippen LogP contribution in [0.25, 0.3) is 0 Å². The van der Waals surface area contributed by atoms with Crippen LogP contribution in [0.2, 0.25) is 0 Å². The molecule has 0 saturated carbocycles. The highest BCUT2D eigenvalue weighted by Gasteiger charge is 2.20. The third-order valence-corrected chi connectivity index (χ3v) is 5.58. The molecule has 0 radical (unpaired) electrons. The van der Waals surface area contributed by atoms with Gasteiger partial charge in [0.25, 0.3) is 0 Å². The molecule has 7 heteroatoms. The van der Waals surface area contributed by atoms with Crippen LogP contribution in [0.3, 0.4) is 0 Å². The molecule has 1 aliphatic carbocycles. The minimum absolute atomic E-state index is 0.229. The van der Waals surface area contributed by atoms with Crippen LogP contribution in [0.1, 0.15) is 45.4 Å². The van der Waals surface area contributed by atoms with Gasteiger partial charge in [-0.2, -0.15) is 0 Å². The highest BCUT2D eigenvalue weighted by Crippen LogP contribution is 2.22. The SMILES string of the molecule is CCCOc1ccc(N(CC(=O)NCCC2=CCCCC2)S(C)(=O)=O)cc1. The molecule has 0 fully saturated rings. The Bertz CT molecular complexity index is 742. The van der Waals surface area contributed by atoms with E-state index >= 15 is 0 Å². The quantitative estimate of drug-likeness (QED) is 0.618. The summed E-state index contributed by atoms with van der Waals surface area (Å²) in [6, 6.07) is 6.76. The molecule has 6 nitrogen and oxygen atoms in total. The molecule has 0 spiro atoms. The molecular formula is C20H30N2O4S. The first-order valence-corrected chi connectivity index (χ1v) is 11.4. The van der Waals surface area contributed by atoms with E-state index in [-0.39, 0.29) is 12.5 Å². The maximum Gasteiger partial charge on any atom is 0.240 e. The van der Waals surface area contributed by atoms with Crippen molar-refractivity contribution in [3.8, 4) is 5.75 Å². The summed E-state index contributed by atoms with van der Waals surface area (Å²) < 4.78 is 30.9. The molecule has 0 aliphatic heterocycles. The van der Waals surface area contributed by atoms with Crippen molar-refractivity contribution in [2.45, 2.75) is 45.4 Å². The number of carbonyl (C=O) groups is 1. The third-order valence-electron chi connectivity index (χ3n) is 4.44. The van der Waals surface area contributed by atoms with Crippen molar-refractivity contribution in [2.24, 2.45) is 0 Å². The predicted molar refractivity (Wildman–Crippen MR) is 109 cm³/mol. The number of hydrogen-bond acceptors (Lipinski definition) is 4. The minimum Gasteiger partial charge on any atom is -0.494 e. The molecule has 0 heterocycles. The lowest BCUT2D eigenvalue weighted by atomic mass is 9.97. The zero-order chi connectivity index (χ0) is 19.7. The van der Waals surface area contributed by atoms with Gasteiger partial charge in [-0.25, -0.2) is 8.42 Å². The zero-order valence-corrected chi connectivity index (χ0v) is 17.1. The second kappa shape index (κ2) is 10.3. The van der Waals surface area contributed by atoms with Crippen molar-refractivity contribution in [2.75, 3.05) is 30.3 Å². The lowest BCUT2D eigenvalue weighted by Gasteiger charge is -2.22. The minimum atomic E-state index is -3.57. The van der Waals surface area contributed by atoms with E-state index in [9.17, 15) is 13.2 Å². The lowest BCUT2D eigenvalue weighted by Crippen LogP contribution is -2.40. The van der Waals surface area contributed by atoms with Gasteiger partial charge in [-0.3, -0.25) is 9.10 Å². The van der Waals surface area contributed by atoms with Crippen LogP contribution in [0, 0.1) is 0 Å². The van der Waals surface area contributed by atoms with E-state index in [0.29, 0.717) is 24.6 Å². The van der Waals surface area contributed by atoms with E-state index in [1.165, 1.54) is 18.4 Å². The summed E-state index contributed by atoms with van der Waals surface area (Å²) in [4.78, 5) is 12.3. The summed E-state index contributed by atoms with van der Waals surface area (Å²) in [7, 11) is -3.57. The summed E-state index contributed by atoms with van der Waals surface area (Å²) in [5.41, 5.74) is 1.83. The normalized spacial score (nSPS) is 14.4. The highest BCUT2D eigenvalue weighted by molar-refractivity contribution is 7.92. The average Bonchev–Trinajstić information content (AvgIpc) is 2.65. The maximum absolute atomic E-state index is 12.3. The molecule has 1 amide bonds. The molecule has 1 aromatic carbocycles. The fourth-order valence-corrected chi connectivity index (χ4v) is 3.87. The van der Waals surface area contributed by atoms with E-state index in [1.807, 2.05) is 6.92 Å². The summed E-state index contributed by atoms with van der Waals surface area (Å²) >= 11 is 0. The van der Waals surface area contributed by atoms with Crippen molar-refractivity contribution in [1.29, 1.82) is 0 Å². The molecule has 0 saturated heterocycles. The van der Waals surface area contributed by atoms with Crippen LogP contribution in [-0.4, -0.2) is 40.3 Å². The van der Waals surface area contributed by atoms with Gasteiger partial charge < -0.3 is 10.1 Å². The Kier molecular flexibility index (Phi) is 8.16. The molecule has 0 aromatic heterocycles. The van der Waals surface area contributed by atoms with E-state index in [4.69, 9.17) is 4.74 Å². The van der Waals surface area contributed by atoms with Crippen LogP contribution < -0.4 is 14.4 Å². The van der Waals surface area contributed by atoms with E-state index in [0.717, 1.165) is 36.2 Å². The van der Waals surface area contributed by atoms with Crippen molar-refractivity contribution >= 4 is 21.6 Å². The van der Waals surface area contributed by atoms with Gasteiger partial charge in [0.2, 0.25) is 15.9 Å². The fraction of sp³-hybridized carbons (Fsp3) is 0.550. The van der Waals surface area contributed by atoms with Crippen molar-refractivity contribution in [3.05, 3.63) is 35.9 Å². The first-order valence-electron chi connectivity index (χ1n) is 9.55. The number of sulfonamides is 1. The van der Waals surface area contributed by atoms with Crippen molar-refractivity contribution in [1.82, 2.24) is 5.32 Å². The largest absolute Gasteiger partial charge is 0.494 e. The van der Waals surface area contributed by atoms with Crippen molar-refractivity contribution < 1.29 is 17.9 Å². The number of carbonyl (C=O) groups excluding carboxylic acids is 1. The molecule has 0 unspecified atom stereocenters. The van der Waals surface area contributed by atoms with Gasteiger partial charge in [-0.1, -0.05) is 18.6 Å². The molecule has 27 heavy (non-hydrogen) atoms. The Labute approximate surface area is 162 Å². The molecule has 1 aliphatic rings. The molecule has 1 aromatic rings. The lowest BCUT2D eigenvalue weighted by molar-refractivity contribution is -0.119. The smallest absolute Gasteiger partial charge is 0.240 e. The van der Waals surface area contributed by atoms with Gasteiger partial charge in [0.15, 0.2) is 0 Å². The Morgan fingerprint density at radius 2 is 1.96 bits per heavy atom. The van der Waals surface area contributed by atoms with Gasteiger partial charge in [-0.05, 0) is 62.8 Å². The average molecular weight is 395 g/mol. The molecule has 150 valence electrons. The second-order valence-corrected chi connectivity index (χ2v) is 8.73. The van der Waals surface area contributed by atoms with E-state index < -0.39 is 10.0 Å². The predicted octanol–water partition coefficient (Wildman–Crippen LogP) is 3.25. The Morgan fingerprint density at radius 1 is 1.22 bits per heavy atom. The second-order valence-electron chi connectivity index (χ2n) is 6.82.